The van der Waals surface area contributed by atoms with Gasteiger partial charge >= 0.3 is 5.97 Å². The Bertz CT molecular complexity index is 591. The topological polar surface area (TPSA) is 80.9 Å². The molecule has 8 heteroatoms. The summed E-state index contributed by atoms with van der Waals surface area (Å²) in [7, 11) is 1.83. The average molecular weight is 284 g/mol. The molecule has 1 N–H and O–H groups in total. The quantitative estimate of drug-likeness (QED) is 0.861. The average Bonchev–Trinajstić information content (AvgIpc) is 2.79. The standard InChI is InChI=1S/C10H12N4O2S2/c1-5-8(18-6(2)11-5)9-12-13-10(14(9)3)17-4-7(15)16/h4H2,1-3H3,(H,15,16). The molecule has 0 aliphatic carbocycles. The third kappa shape index (κ3) is 2.54. The maximum atomic E-state index is 10.5. The Morgan fingerprint density at radius 2 is 2.17 bits per heavy atom. The van der Waals surface area contributed by atoms with Gasteiger partial charge in [-0.1, -0.05) is 11.8 Å². The zero-order valence-electron chi connectivity index (χ0n) is 10.2. The van der Waals surface area contributed by atoms with E-state index in [1.165, 1.54) is 0 Å². The van der Waals surface area contributed by atoms with Crippen molar-refractivity contribution in [1.82, 2.24) is 19.7 Å². The summed E-state index contributed by atoms with van der Waals surface area (Å²) in [6.45, 7) is 3.87. The SMILES string of the molecule is Cc1nc(C)c(-c2nnc(SCC(=O)O)n2C)s1. The van der Waals surface area contributed by atoms with Gasteiger partial charge in [-0.25, -0.2) is 4.98 Å². The molecule has 2 heterocycles. The molecule has 2 aromatic heterocycles. The largest absolute Gasteiger partial charge is 0.481 e. The maximum absolute atomic E-state index is 10.5. The van der Waals surface area contributed by atoms with Crippen molar-refractivity contribution in [2.24, 2.45) is 7.05 Å². The van der Waals surface area contributed by atoms with Crippen LogP contribution in [-0.2, 0) is 11.8 Å². The van der Waals surface area contributed by atoms with Crippen LogP contribution in [0.15, 0.2) is 5.16 Å². The molecule has 18 heavy (non-hydrogen) atoms. The third-order valence-corrected chi connectivity index (χ3v) is 4.34. The van der Waals surface area contributed by atoms with Gasteiger partial charge in [-0.05, 0) is 13.8 Å². The van der Waals surface area contributed by atoms with Crippen molar-refractivity contribution in [3.8, 4) is 10.7 Å². The molecular formula is C10H12N4O2S2. The molecule has 0 fully saturated rings. The Labute approximate surface area is 112 Å². The molecule has 0 bridgehead atoms. The van der Waals surface area contributed by atoms with Gasteiger partial charge in [0, 0.05) is 7.05 Å². The van der Waals surface area contributed by atoms with Crippen LogP contribution in [0, 0.1) is 13.8 Å². The number of aryl methyl sites for hydroxylation is 2. The molecule has 6 nitrogen and oxygen atoms in total. The highest BCUT2D eigenvalue weighted by molar-refractivity contribution is 7.99. The molecule has 0 saturated carbocycles. The number of hydrogen-bond acceptors (Lipinski definition) is 6. The highest BCUT2D eigenvalue weighted by Gasteiger charge is 2.16. The van der Waals surface area contributed by atoms with Crippen molar-refractivity contribution in [1.29, 1.82) is 0 Å². The van der Waals surface area contributed by atoms with Crippen molar-refractivity contribution in [2.75, 3.05) is 5.75 Å². The van der Waals surface area contributed by atoms with Gasteiger partial charge in [0.2, 0.25) is 0 Å². The number of aromatic nitrogens is 4. The van der Waals surface area contributed by atoms with E-state index in [-0.39, 0.29) is 5.75 Å². The van der Waals surface area contributed by atoms with Crippen LogP contribution in [0.2, 0.25) is 0 Å². The molecule has 0 unspecified atom stereocenters. The highest BCUT2D eigenvalue weighted by Crippen LogP contribution is 2.29. The summed E-state index contributed by atoms with van der Waals surface area (Å²) in [5, 5.41) is 18.3. The Morgan fingerprint density at radius 1 is 1.44 bits per heavy atom. The lowest BCUT2D eigenvalue weighted by molar-refractivity contribution is -0.133. The first-order valence-corrected chi connectivity index (χ1v) is 6.97. The van der Waals surface area contributed by atoms with Gasteiger partial charge < -0.3 is 9.67 Å². The Hall–Kier alpha value is -1.41. The van der Waals surface area contributed by atoms with E-state index in [1.54, 1.807) is 15.9 Å². The summed E-state index contributed by atoms with van der Waals surface area (Å²) in [5.74, 6) is -0.160. The second-order valence-corrected chi connectivity index (χ2v) is 5.84. The van der Waals surface area contributed by atoms with Crippen LogP contribution in [0.1, 0.15) is 10.7 Å². The third-order valence-electron chi connectivity index (χ3n) is 2.27. The summed E-state index contributed by atoms with van der Waals surface area (Å²) in [6.07, 6.45) is 0. The van der Waals surface area contributed by atoms with E-state index in [4.69, 9.17) is 5.11 Å². The van der Waals surface area contributed by atoms with Gasteiger partial charge in [0.25, 0.3) is 0 Å². The number of carboxylic acids is 1. The molecule has 2 rings (SSSR count). The number of carboxylic acid groups (broad SMARTS) is 1. The van der Waals surface area contributed by atoms with E-state index in [2.05, 4.69) is 15.2 Å². The smallest absolute Gasteiger partial charge is 0.313 e. The number of aliphatic carboxylic acids is 1. The minimum absolute atomic E-state index is 0.0212. The molecule has 96 valence electrons. The summed E-state index contributed by atoms with van der Waals surface area (Å²) in [4.78, 5) is 15.9. The van der Waals surface area contributed by atoms with Crippen LogP contribution >= 0.6 is 23.1 Å². The molecular weight excluding hydrogens is 272 g/mol. The van der Waals surface area contributed by atoms with Gasteiger partial charge in [-0.2, -0.15) is 0 Å². The van der Waals surface area contributed by atoms with E-state index in [1.807, 2.05) is 20.9 Å². The normalized spacial score (nSPS) is 10.8. The first-order valence-electron chi connectivity index (χ1n) is 5.17. The van der Waals surface area contributed by atoms with Gasteiger partial charge in [-0.15, -0.1) is 21.5 Å². The Balaban J connectivity index is 2.30. The predicted octanol–water partition coefficient (Wildman–Crippen LogP) is 1.73. The summed E-state index contributed by atoms with van der Waals surface area (Å²) >= 11 is 2.72. The number of rotatable bonds is 4. The molecule has 0 spiro atoms. The molecule has 0 aliphatic heterocycles. The van der Waals surface area contributed by atoms with Gasteiger partial charge in [0.1, 0.15) is 0 Å². The van der Waals surface area contributed by atoms with E-state index in [0.29, 0.717) is 5.16 Å². The van der Waals surface area contributed by atoms with Gasteiger partial charge in [0.15, 0.2) is 11.0 Å². The van der Waals surface area contributed by atoms with Crippen molar-refractivity contribution in [3.05, 3.63) is 10.7 Å². The molecule has 0 aromatic carbocycles. The first kappa shape index (κ1) is 13.0. The fourth-order valence-electron chi connectivity index (χ4n) is 1.50. The molecule has 0 amide bonds. The van der Waals surface area contributed by atoms with Crippen molar-refractivity contribution < 1.29 is 9.90 Å². The van der Waals surface area contributed by atoms with Crippen LogP contribution in [0.5, 0.6) is 0 Å². The van der Waals surface area contributed by atoms with Crippen LogP contribution in [-0.4, -0.2) is 36.6 Å². The number of thiazole rings is 1. The van der Waals surface area contributed by atoms with Crippen LogP contribution in [0.25, 0.3) is 10.7 Å². The van der Waals surface area contributed by atoms with Gasteiger partial charge in [-0.3, -0.25) is 4.79 Å². The molecule has 0 saturated heterocycles. The summed E-state index contributed by atoms with van der Waals surface area (Å²) in [5.41, 5.74) is 0.919. The van der Waals surface area contributed by atoms with E-state index < -0.39 is 5.97 Å². The molecule has 0 atom stereocenters. The fourth-order valence-corrected chi connectivity index (χ4v) is 3.08. The summed E-state index contributed by atoms with van der Waals surface area (Å²) in [6, 6.07) is 0. The lowest BCUT2D eigenvalue weighted by Gasteiger charge is -2.01. The zero-order valence-corrected chi connectivity index (χ0v) is 11.8. The van der Waals surface area contributed by atoms with Crippen molar-refractivity contribution in [2.45, 2.75) is 19.0 Å². The Morgan fingerprint density at radius 3 is 2.72 bits per heavy atom. The number of carbonyl (C=O) groups is 1. The van der Waals surface area contributed by atoms with E-state index in [0.717, 1.165) is 33.2 Å². The minimum Gasteiger partial charge on any atom is -0.481 e. The second kappa shape index (κ2) is 5.07. The Kier molecular flexibility index (Phi) is 3.67. The predicted molar refractivity (Wildman–Crippen MR) is 69.9 cm³/mol. The second-order valence-electron chi connectivity index (χ2n) is 3.70. The van der Waals surface area contributed by atoms with Crippen LogP contribution in [0.3, 0.4) is 0 Å². The first-order chi connectivity index (χ1) is 8.49. The van der Waals surface area contributed by atoms with Crippen LogP contribution < -0.4 is 0 Å². The van der Waals surface area contributed by atoms with Crippen molar-refractivity contribution in [3.63, 3.8) is 0 Å². The lowest BCUT2D eigenvalue weighted by Crippen LogP contribution is -2.00. The van der Waals surface area contributed by atoms with E-state index >= 15 is 0 Å². The maximum Gasteiger partial charge on any atom is 0.313 e. The summed E-state index contributed by atoms with van der Waals surface area (Å²) < 4.78 is 1.80. The molecule has 0 radical (unpaired) electrons. The fraction of sp³-hybridized carbons (Fsp3) is 0.400. The zero-order chi connectivity index (χ0) is 13.3. The van der Waals surface area contributed by atoms with E-state index in [9.17, 15) is 4.79 Å². The van der Waals surface area contributed by atoms with Crippen molar-refractivity contribution >= 4 is 29.1 Å². The molecule has 0 aliphatic rings. The molecule has 2 aromatic rings. The minimum atomic E-state index is -0.866. The van der Waals surface area contributed by atoms with Crippen LogP contribution in [0.4, 0.5) is 0 Å². The monoisotopic (exact) mass is 284 g/mol. The number of nitrogens with zero attached hydrogens (tertiary/aromatic N) is 4. The number of thioether (sulfide) groups is 1. The number of hydrogen-bond donors (Lipinski definition) is 1. The van der Waals surface area contributed by atoms with Gasteiger partial charge in [0.05, 0.1) is 21.3 Å². The lowest BCUT2D eigenvalue weighted by atomic mass is 10.4. The highest BCUT2D eigenvalue weighted by atomic mass is 32.2.